The van der Waals surface area contributed by atoms with E-state index in [0.717, 1.165) is 5.56 Å². The van der Waals surface area contributed by atoms with Crippen LogP contribution in [-0.4, -0.2) is 36.0 Å². The van der Waals surface area contributed by atoms with Gasteiger partial charge in [0.1, 0.15) is 11.5 Å². The maximum atomic E-state index is 12.7. The fourth-order valence-corrected chi connectivity index (χ4v) is 3.87. The average molecular weight is 465 g/mol. The van der Waals surface area contributed by atoms with Crippen LogP contribution in [0.2, 0.25) is 0 Å². The Morgan fingerprint density at radius 2 is 1.91 bits per heavy atom. The molecule has 2 N–H and O–H groups in total. The summed E-state index contributed by atoms with van der Waals surface area (Å²) in [7, 11) is 0. The minimum atomic E-state index is -0.535. The van der Waals surface area contributed by atoms with Crippen LogP contribution in [0, 0.1) is 10.1 Å². The van der Waals surface area contributed by atoms with Crippen LogP contribution in [0.5, 0.6) is 5.75 Å². The SMILES string of the molecule is CC(Sc1nnc(-c2ccc(O)cc2)n1Cc1ccco1)C(=O)Nc1ccc([N+](=O)[O-])cc1. The Bertz CT molecular complexity index is 1250. The number of furan rings is 1. The number of thioether (sulfide) groups is 1. The topological polar surface area (TPSA) is 136 Å². The quantitative estimate of drug-likeness (QED) is 0.223. The Morgan fingerprint density at radius 3 is 2.55 bits per heavy atom. The third kappa shape index (κ3) is 5.21. The van der Waals surface area contributed by atoms with Gasteiger partial charge in [-0.15, -0.1) is 10.2 Å². The number of carbonyl (C=O) groups is 1. The number of amides is 1. The van der Waals surface area contributed by atoms with Crippen molar-refractivity contribution in [3.8, 4) is 17.1 Å². The summed E-state index contributed by atoms with van der Waals surface area (Å²) in [5.74, 6) is 1.12. The molecule has 2 aromatic carbocycles. The summed E-state index contributed by atoms with van der Waals surface area (Å²) in [6.07, 6.45) is 1.58. The van der Waals surface area contributed by atoms with E-state index < -0.39 is 10.2 Å². The molecule has 10 nitrogen and oxygen atoms in total. The molecule has 1 amide bonds. The Hall–Kier alpha value is -4.12. The van der Waals surface area contributed by atoms with Crippen LogP contribution < -0.4 is 5.32 Å². The Balaban J connectivity index is 1.54. The number of nitro groups is 1. The number of rotatable bonds is 8. The van der Waals surface area contributed by atoms with Crippen LogP contribution in [0.3, 0.4) is 0 Å². The first kappa shape index (κ1) is 22.1. The molecule has 1 atom stereocenters. The van der Waals surface area contributed by atoms with Crippen molar-refractivity contribution in [2.75, 3.05) is 5.32 Å². The van der Waals surface area contributed by atoms with E-state index in [2.05, 4.69) is 15.5 Å². The molecule has 0 radical (unpaired) electrons. The van der Waals surface area contributed by atoms with E-state index in [1.807, 2.05) is 10.6 Å². The number of nitrogens with zero attached hydrogens (tertiary/aromatic N) is 4. The predicted molar refractivity (Wildman–Crippen MR) is 122 cm³/mol. The second kappa shape index (κ2) is 9.57. The first-order valence-electron chi connectivity index (χ1n) is 9.87. The maximum absolute atomic E-state index is 12.7. The van der Waals surface area contributed by atoms with Crippen LogP contribution in [-0.2, 0) is 11.3 Å². The molecule has 0 bridgehead atoms. The Morgan fingerprint density at radius 1 is 1.18 bits per heavy atom. The summed E-state index contributed by atoms with van der Waals surface area (Å²) in [5, 5.41) is 31.7. The molecule has 33 heavy (non-hydrogen) atoms. The van der Waals surface area contributed by atoms with Crippen LogP contribution in [0.25, 0.3) is 11.4 Å². The van der Waals surface area contributed by atoms with Crippen LogP contribution in [0.15, 0.2) is 76.5 Å². The predicted octanol–water partition coefficient (Wildman–Crippen LogP) is 4.32. The molecule has 0 aliphatic heterocycles. The van der Waals surface area contributed by atoms with Gasteiger partial charge in [0, 0.05) is 23.4 Å². The summed E-state index contributed by atoms with van der Waals surface area (Å²) in [5.41, 5.74) is 1.16. The lowest BCUT2D eigenvalue weighted by molar-refractivity contribution is -0.384. The minimum absolute atomic E-state index is 0.0526. The number of nitro benzene ring substituents is 1. The van der Waals surface area contributed by atoms with Crippen molar-refractivity contribution in [1.82, 2.24) is 14.8 Å². The number of non-ortho nitro benzene ring substituents is 1. The maximum Gasteiger partial charge on any atom is 0.269 e. The van der Waals surface area contributed by atoms with E-state index in [9.17, 15) is 20.0 Å². The van der Waals surface area contributed by atoms with Gasteiger partial charge in [-0.2, -0.15) is 0 Å². The molecule has 4 aromatic rings. The minimum Gasteiger partial charge on any atom is -0.508 e. The zero-order chi connectivity index (χ0) is 23.4. The average Bonchev–Trinajstić information content (AvgIpc) is 3.45. The van der Waals surface area contributed by atoms with E-state index in [4.69, 9.17) is 4.42 Å². The van der Waals surface area contributed by atoms with Gasteiger partial charge in [0.05, 0.1) is 23.0 Å². The second-order valence-electron chi connectivity index (χ2n) is 7.07. The van der Waals surface area contributed by atoms with Crippen molar-refractivity contribution in [1.29, 1.82) is 0 Å². The van der Waals surface area contributed by atoms with Gasteiger partial charge in [0.15, 0.2) is 11.0 Å². The highest BCUT2D eigenvalue weighted by atomic mass is 32.2. The van der Waals surface area contributed by atoms with E-state index in [0.29, 0.717) is 29.0 Å². The smallest absolute Gasteiger partial charge is 0.269 e. The zero-order valence-corrected chi connectivity index (χ0v) is 18.2. The normalized spacial score (nSPS) is 11.8. The number of anilines is 1. The van der Waals surface area contributed by atoms with Gasteiger partial charge in [-0.25, -0.2) is 0 Å². The fraction of sp³-hybridized carbons (Fsp3) is 0.136. The number of phenolic OH excluding ortho intramolecular Hbond substituents is 1. The number of hydrogen-bond acceptors (Lipinski definition) is 8. The molecule has 2 heterocycles. The van der Waals surface area contributed by atoms with Crippen LogP contribution >= 0.6 is 11.8 Å². The van der Waals surface area contributed by atoms with Gasteiger partial charge < -0.3 is 14.8 Å². The molecule has 0 spiro atoms. The van der Waals surface area contributed by atoms with Crippen molar-refractivity contribution < 1.29 is 19.2 Å². The summed E-state index contributed by atoms with van der Waals surface area (Å²) >= 11 is 1.22. The summed E-state index contributed by atoms with van der Waals surface area (Å²) in [4.78, 5) is 23.0. The van der Waals surface area contributed by atoms with Gasteiger partial charge in [0.2, 0.25) is 5.91 Å². The highest BCUT2D eigenvalue weighted by Gasteiger charge is 2.22. The van der Waals surface area contributed by atoms with E-state index in [1.165, 1.54) is 36.0 Å². The lowest BCUT2D eigenvalue weighted by Gasteiger charge is -2.13. The zero-order valence-electron chi connectivity index (χ0n) is 17.4. The van der Waals surface area contributed by atoms with Crippen molar-refractivity contribution in [3.63, 3.8) is 0 Å². The number of aromatic hydroxyl groups is 1. The largest absolute Gasteiger partial charge is 0.508 e. The van der Waals surface area contributed by atoms with Gasteiger partial charge in [-0.1, -0.05) is 11.8 Å². The van der Waals surface area contributed by atoms with Crippen molar-refractivity contribution in [3.05, 3.63) is 82.8 Å². The molecule has 2 aromatic heterocycles. The van der Waals surface area contributed by atoms with Crippen LogP contribution in [0.1, 0.15) is 12.7 Å². The third-order valence-electron chi connectivity index (χ3n) is 4.73. The van der Waals surface area contributed by atoms with E-state index >= 15 is 0 Å². The molecule has 168 valence electrons. The summed E-state index contributed by atoms with van der Waals surface area (Å²) < 4.78 is 7.32. The Kier molecular flexibility index (Phi) is 6.41. The summed E-state index contributed by atoms with van der Waals surface area (Å²) in [6.45, 7) is 2.09. The number of carbonyl (C=O) groups excluding carboxylic acids is 1. The van der Waals surface area contributed by atoms with Gasteiger partial charge in [-0.3, -0.25) is 19.5 Å². The number of aromatic nitrogens is 3. The van der Waals surface area contributed by atoms with Crippen LogP contribution in [0.4, 0.5) is 11.4 Å². The standard InChI is InChI=1S/C22H19N5O5S/c1-14(21(29)23-16-6-8-17(9-7-16)27(30)31)33-22-25-24-20(15-4-10-18(28)11-5-15)26(22)13-19-3-2-12-32-19/h2-12,14,28H,13H2,1H3,(H,23,29). The molecular formula is C22H19N5O5S. The monoisotopic (exact) mass is 465 g/mol. The lowest BCUT2D eigenvalue weighted by atomic mass is 10.2. The first-order valence-corrected chi connectivity index (χ1v) is 10.8. The number of hydrogen-bond donors (Lipinski definition) is 2. The number of benzene rings is 2. The number of nitrogens with one attached hydrogen (secondary N) is 1. The van der Waals surface area contributed by atoms with Crippen molar-refractivity contribution >= 4 is 29.0 Å². The van der Waals surface area contributed by atoms with Gasteiger partial charge in [-0.05, 0) is 55.5 Å². The third-order valence-corrected chi connectivity index (χ3v) is 5.81. The molecule has 11 heteroatoms. The lowest BCUT2D eigenvalue weighted by Crippen LogP contribution is -2.23. The molecule has 0 fully saturated rings. The molecule has 0 aliphatic carbocycles. The molecule has 4 rings (SSSR count). The molecule has 0 saturated heterocycles. The van der Waals surface area contributed by atoms with Gasteiger partial charge in [0.25, 0.3) is 5.69 Å². The number of phenols is 1. The van der Waals surface area contributed by atoms with E-state index in [-0.39, 0.29) is 17.3 Å². The highest BCUT2D eigenvalue weighted by molar-refractivity contribution is 8.00. The summed E-state index contributed by atoms with van der Waals surface area (Å²) in [6, 6.07) is 15.8. The van der Waals surface area contributed by atoms with Crippen molar-refractivity contribution in [2.24, 2.45) is 0 Å². The second-order valence-corrected chi connectivity index (χ2v) is 8.38. The molecule has 0 aliphatic rings. The van der Waals surface area contributed by atoms with E-state index in [1.54, 1.807) is 43.5 Å². The molecule has 1 unspecified atom stereocenters. The fourth-order valence-electron chi connectivity index (χ4n) is 3.02. The van der Waals surface area contributed by atoms with Crippen molar-refractivity contribution in [2.45, 2.75) is 23.9 Å². The molecular weight excluding hydrogens is 446 g/mol. The van der Waals surface area contributed by atoms with Gasteiger partial charge >= 0.3 is 0 Å². The first-order chi connectivity index (χ1) is 15.9. The highest BCUT2D eigenvalue weighted by Crippen LogP contribution is 2.29. The molecule has 0 saturated carbocycles. The Labute approximate surface area is 192 Å².